The first-order chi connectivity index (χ1) is 24.7. The zero-order valence-corrected chi connectivity index (χ0v) is 31.9. The number of sulfonamides is 1. The van der Waals surface area contributed by atoms with Crippen molar-refractivity contribution in [1.82, 2.24) is 24.8 Å². The summed E-state index contributed by atoms with van der Waals surface area (Å²) in [5, 5.41) is 13.7. The molecule has 3 N–H and O–H groups in total. The molecule has 5 aromatic rings. The summed E-state index contributed by atoms with van der Waals surface area (Å²) in [5.41, 5.74) is 5.36. The lowest BCUT2D eigenvalue weighted by molar-refractivity contribution is -0.119. The largest absolute Gasteiger partial charge is 0.478 e. The van der Waals surface area contributed by atoms with Gasteiger partial charge >= 0.3 is 5.97 Å². The highest BCUT2D eigenvalue weighted by molar-refractivity contribution is 7.92. The SMILES string of the molecule is Cc1cccc(C)c1-c1cc(OC[C@@H](CC23CC(C2)C3)NCc2nc3c(cc2F)cc(C(C)C)n3C)nc(NS(=O)(=O)c2cccc(C(=O)O)c2)n1.Cl. The molecule has 0 amide bonds. The molecule has 8 rings (SSSR count). The Morgan fingerprint density at radius 3 is 2.38 bits per heavy atom. The monoisotopic (exact) mass is 762 g/mol. The van der Waals surface area contributed by atoms with E-state index in [1.165, 1.54) is 37.5 Å². The molecule has 14 heteroatoms. The third-order valence-electron chi connectivity index (χ3n) is 10.5. The van der Waals surface area contributed by atoms with E-state index in [9.17, 15) is 18.3 Å². The van der Waals surface area contributed by atoms with Gasteiger partial charge in [-0.25, -0.2) is 32.3 Å². The molecular weight excluding hydrogens is 719 g/mol. The van der Waals surface area contributed by atoms with Crippen LogP contribution >= 0.6 is 12.4 Å². The average molecular weight is 763 g/mol. The van der Waals surface area contributed by atoms with Gasteiger partial charge in [-0.3, -0.25) is 0 Å². The number of rotatable bonds is 14. The van der Waals surface area contributed by atoms with Gasteiger partial charge in [-0.2, -0.15) is 4.98 Å². The molecule has 1 atom stereocenters. The van der Waals surface area contributed by atoms with Crippen LogP contribution in [0.25, 0.3) is 22.3 Å². The minimum Gasteiger partial charge on any atom is -0.478 e. The highest BCUT2D eigenvalue weighted by Crippen LogP contribution is 2.66. The smallest absolute Gasteiger partial charge is 0.335 e. The molecule has 2 bridgehead atoms. The number of fused-ring (bicyclic) bond motifs is 1. The standard InChI is InChI=1S/C39H43FN6O5S.ClH/c1-22(2)33-14-27-13-30(40)32(42-36(27)46(33)5)20-41-28(19-39-16-25(17-39)18-39)21-51-34-15-31(35-23(3)8-6-9-24(35)4)43-38(44-34)45-52(49,50)29-11-7-10-26(12-29)37(47)48;/h6-15,22,25,28,41H,16-21H2,1-5H3,(H,47,48)(H,43,44,45);1H/t25?,28-,39?;/m1./s1. The van der Waals surface area contributed by atoms with Gasteiger partial charge in [0.2, 0.25) is 11.8 Å². The number of nitrogens with one attached hydrogen (secondary N) is 2. The van der Waals surface area contributed by atoms with Crippen LogP contribution in [-0.4, -0.2) is 51.7 Å². The van der Waals surface area contributed by atoms with E-state index in [2.05, 4.69) is 33.9 Å². The van der Waals surface area contributed by atoms with Crippen LogP contribution in [0.4, 0.5) is 10.3 Å². The van der Waals surface area contributed by atoms with Crippen molar-refractivity contribution in [3.63, 3.8) is 0 Å². The number of nitrogens with zero attached hydrogens (tertiary/aromatic N) is 4. The van der Waals surface area contributed by atoms with E-state index in [0.717, 1.165) is 51.8 Å². The van der Waals surface area contributed by atoms with Crippen molar-refractivity contribution in [3.8, 4) is 17.1 Å². The summed E-state index contributed by atoms with van der Waals surface area (Å²) in [6.07, 6.45) is 4.35. The van der Waals surface area contributed by atoms with E-state index in [1.807, 2.05) is 49.7 Å². The Balaban J connectivity index is 0.00000481. The van der Waals surface area contributed by atoms with Crippen LogP contribution in [0, 0.1) is 31.0 Å². The molecule has 0 spiro atoms. The highest BCUT2D eigenvalue weighted by Gasteiger charge is 2.56. The molecule has 3 heterocycles. The van der Waals surface area contributed by atoms with Crippen molar-refractivity contribution in [2.75, 3.05) is 11.3 Å². The Morgan fingerprint density at radius 1 is 1.04 bits per heavy atom. The normalized spacial score (nSPS) is 18.2. The summed E-state index contributed by atoms with van der Waals surface area (Å²) in [6.45, 7) is 8.48. The van der Waals surface area contributed by atoms with Crippen molar-refractivity contribution in [2.24, 2.45) is 18.4 Å². The van der Waals surface area contributed by atoms with Crippen LogP contribution < -0.4 is 14.8 Å². The molecule has 3 aliphatic carbocycles. The number of pyridine rings is 1. The Morgan fingerprint density at radius 2 is 1.74 bits per heavy atom. The summed E-state index contributed by atoms with van der Waals surface area (Å²) < 4.78 is 53.1. The van der Waals surface area contributed by atoms with Gasteiger partial charge in [-0.1, -0.05) is 38.1 Å². The number of aromatic nitrogens is 4. The molecule has 0 aliphatic heterocycles. The maximum atomic E-state index is 15.4. The first kappa shape index (κ1) is 38.1. The van der Waals surface area contributed by atoms with E-state index in [-0.39, 0.29) is 71.0 Å². The van der Waals surface area contributed by atoms with Crippen molar-refractivity contribution < 1.29 is 27.4 Å². The Labute approximate surface area is 314 Å². The molecular formula is C39H44ClFN6O5S. The summed E-state index contributed by atoms with van der Waals surface area (Å²) in [5.74, 6) is -0.626. The van der Waals surface area contributed by atoms with Crippen molar-refractivity contribution in [2.45, 2.75) is 76.8 Å². The molecule has 3 aliphatic rings. The number of anilines is 1. The van der Waals surface area contributed by atoms with Crippen LogP contribution in [0.2, 0.25) is 0 Å². The third kappa shape index (κ3) is 7.74. The van der Waals surface area contributed by atoms with Crippen molar-refractivity contribution >= 4 is 45.4 Å². The molecule has 3 saturated carbocycles. The fourth-order valence-corrected chi connectivity index (χ4v) is 8.86. The van der Waals surface area contributed by atoms with E-state index < -0.39 is 16.0 Å². The Bertz CT molecular complexity index is 2280. The summed E-state index contributed by atoms with van der Waals surface area (Å²) >= 11 is 0. The highest BCUT2D eigenvalue weighted by atomic mass is 35.5. The predicted octanol–water partition coefficient (Wildman–Crippen LogP) is 7.56. The molecule has 0 unspecified atom stereocenters. The lowest BCUT2D eigenvalue weighted by Gasteiger charge is -2.63. The Hall–Kier alpha value is -4.59. The maximum absolute atomic E-state index is 15.4. The number of carboxylic acids is 1. The Kier molecular flexibility index (Phi) is 10.6. The molecule has 3 aromatic heterocycles. The van der Waals surface area contributed by atoms with E-state index in [4.69, 9.17) is 9.72 Å². The van der Waals surface area contributed by atoms with Crippen LogP contribution in [-0.2, 0) is 23.6 Å². The topological polar surface area (TPSA) is 148 Å². The van der Waals surface area contributed by atoms with Crippen molar-refractivity contribution in [1.29, 1.82) is 0 Å². The quantitative estimate of drug-likeness (QED) is 0.104. The number of ether oxygens (including phenoxy) is 1. The fourth-order valence-electron chi connectivity index (χ4n) is 7.88. The molecule has 0 saturated heterocycles. The van der Waals surface area contributed by atoms with Gasteiger partial charge in [-0.15, -0.1) is 12.4 Å². The zero-order chi connectivity index (χ0) is 36.9. The number of halogens is 2. The minimum atomic E-state index is -4.27. The number of hydrogen-bond donors (Lipinski definition) is 3. The summed E-state index contributed by atoms with van der Waals surface area (Å²) in [6, 6.07) is 15.9. The molecule has 280 valence electrons. The molecule has 3 fully saturated rings. The van der Waals surface area contributed by atoms with E-state index in [1.54, 1.807) is 12.1 Å². The van der Waals surface area contributed by atoms with Crippen LogP contribution in [0.3, 0.4) is 0 Å². The van der Waals surface area contributed by atoms with Gasteiger partial charge in [0.15, 0.2) is 0 Å². The first-order valence-electron chi connectivity index (χ1n) is 17.5. The van der Waals surface area contributed by atoms with Crippen LogP contribution in [0.5, 0.6) is 5.88 Å². The van der Waals surface area contributed by atoms with E-state index in [0.29, 0.717) is 11.4 Å². The van der Waals surface area contributed by atoms with Gasteiger partial charge in [0.25, 0.3) is 10.0 Å². The third-order valence-corrected chi connectivity index (χ3v) is 11.9. The van der Waals surface area contributed by atoms with Gasteiger partial charge in [-0.05, 0) is 98.2 Å². The van der Waals surface area contributed by atoms with Gasteiger partial charge < -0.3 is 19.7 Å². The molecule has 0 radical (unpaired) electrons. The number of carboxylic acid groups (broad SMARTS) is 1. The van der Waals surface area contributed by atoms with E-state index >= 15 is 4.39 Å². The summed E-state index contributed by atoms with van der Waals surface area (Å²) in [7, 11) is -2.31. The first-order valence-corrected chi connectivity index (χ1v) is 19.0. The number of aryl methyl sites for hydroxylation is 3. The maximum Gasteiger partial charge on any atom is 0.335 e. The van der Waals surface area contributed by atoms with Gasteiger partial charge in [0, 0.05) is 42.3 Å². The molecule has 2 aromatic carbocycles. The fraction of sp³-hybridized carbons (Fsp3) is 0.385. The second kappa shape index (κ2) is 14.7. The number of carbonyl (C=O) groups is 1. The molecule has 53 heavy (non-hydrogen) atoms. The lowest BCUT2D eigenvalue weighted by Crippen LogP contribution is -2.55. The van der Waals surface area contributed by atoms with Crippen LogP contribution in [0.1, 0.15) is 78.3 Å². The average Bonchev–Trinajstić information content (AvgIpc) is 3.37. The van der Waals surface area contributed by atoms with Crippen LogP contribution in [0.15, 0.2) is 65.6 Å². The second-order valence-electron chi connectivity index (χ2n) is 14.8. The van der Waals surface area contributed by atoms with Crippen molar-refractivity contribution in [3.05, 3.63) is 94.6 Å². The minimum absolute atomic E-state index is 0. The zero-order valence-electron chi connectivity index (χ0n) is 30.3. The second-order valence-corrected chi connectivity index (χ2v) is 16.5. The predicted molar refractivity (Wildman–Crippen MR) is 204 cm³/mol. The van der Waals surface area contributed by atoms with Gasteiger partial charge in [0.05, 0.1) is 21.8 Å². The van der Waals surface area contributed by atoms with Gasteiger partial charge in [0.1, 0.15) is 18.1 Å². The number of hydrogen-bond acceptors (Lipinski definition) is 8. The lowest BCUT2D eigenvalue weighted by atomic mass is 9.43. The number of benzene rings is 2. The number of aromatic carboxylic acids is 1. The molecule has 11 nitrogen and oxygen atoms in total. The summed E-state index contributed by atoms with van der Waals surface area (Å²) in [4.78, 5) is 25.0.